The van der Waals surface area contributed by atoms with Gasteiger partial charge in [0, 0.05) is 52.3 Å². The van der Waals surface area contributed by atoms with E-state index in [9.17, 15) is 43.5 Å². The number of hydroxylamine groups is 2. The molecule has 6 aliphatic rings. The highest BCUT2D eigenvalue weighted by molar-refractivity contribution is 8.00. The molecule has 4 bridgehead atoms. The highest BCUT2D eigenvalue weighted by Gasteiger charge is 2.64. The molecular weight excluding hydrogens is 990 g/mol. The van der Waals surface area contributed by atoms with Crippen LogP contribution in [-0.2, 0) is 63.8 Å². The van der Waals surface area contributed by atoms with Crippen molar-refractivity contribution in [3.8, 4) is 5.75 Å². The first-order valence-electron chi connectivity index (χ1n) is 24.9. The second-order valence-corrected chi connectivity index (χ2v) is 22.0. The Morgan fingerprint density at radius 1 is 1.03 bits per heavy atom. The molecule has 1 saturated carbocycles. The molecule has 0 spiro atoms. The minimum atomic E-state index is -1.85. The fourth-order valence-electron chi connectivity index (χ4n) is 10.4. The highest BCUT2D eigenvalue weighted by atomic mass is 35.5. The number of aliphatic hydroxyl groups is 1. The van der Waals surface area contributed by atoms with Gasteiger partial charge < -0.3 is 38.5 Å². The topological polar surface area (TPSA) is 240 Å². The molecule has 2 N–H and O–H groups in total. The number of fused-ring (bicyclic) bond motifs is 5. The molecule has 4 saturated heterocycles. The summed E-state index contributed by atoms with van der Waals surface area (Å²) in [5.41, 5.74) is -0.994. The number of anilines is 1. The van der Waals surface area contributed by atoms with Gasteiger partial charge in [0.25, 0.3) is 11.8 Å². The van der Waals surface area contributed by atoms with Crippen LogP contribution in [0.25, 0.3) is 0 Å². The van der Waals surface area contributed by atoms with Gasteiger partial charge in [-0.3, -0.25) is 43.9 Å². The van der Waals surface area contributed by atoms with E-state index in [0.717, 1.165) is 11.1 Å². The Labute approximate surface area is 434 Å². The zero-order valence-corrected chi connectivity index (χ0v) is 44.3. The number of benzene rings is 1. The van der Waals surface area contributed by atoms with E-state index in [4.69, 9.17) is 40.1 Å². The van der Waals surface area contributed by atoms with Gasteiger partial charge in [-0.15, -0.1) is 16.8 Å². The molecule has 9 atom stereocenters. The molecule has 20 nitrogen and oxygen atoms in total. The number of halogens is 1. The third-order valence-corrected chi connectivity index (χ3v) is 16.9. The molecule has 6 amide bonds. The lowest BCUT2D eigenvalue weighted by atomic mass is 9.82. The second-order valence-electron chi connectivity index (χ2n) is 20.3. The van der Waals surface area contributed by atoms with E-state index >= 15 is 0 Å². The number of nitrogens with one attached hydrogen (secondary N) is 1. The van der Waals surface area contributed by atoms with Crippen molar-refractivity contribution in [3.05, 3.63) is 46.5 Å². The minimum absolute atomic E-state index is 0.00504. The summed E-state index contributed by atoms with van der Waals surface area (Å²) in [6.07, 6.45) is 3.54. The number of amides is 6. The van der Waals surface area contributed by atoms with Crippen molar-refractivity contribution in [2.75, 3.05) is 52.1 Å². The number of ether oxygens (including phenoxy) is 5. The predicted octanol–water partition coefficient (Wildman–Crippen LogP) is 4.65. The van der Waals surface area contributed by atoms with Crippen LogP contribution >= 0.6 is 23.4 Å². The molecule has 5 aliphatic heterocycles. The number of carbonyl (C=O) groups excluding carboxylic acids is 8. The van der Waals surface area contributed by atoms with E-state index < -0.39 is 94.6 Å². The van der Waals surface area contributed by atoms with Crippen molar-refractivity contribution in [2.45, 2.75) is 145 Å². The Balaban J connectivity index is 0.969. The summed E-state index contributed by atoms with van der Waals surface area (Å²) in [4.78, 5) is 114. The minimum Gasteiger partial charge on any atom is -0.495 e. The van der Waals surface area contributed by atoms with Crippen molar-refractivity contribution in [3.63, 3.8) is 0 Å². The molecule has 1 aliphatic carbocycles. The third-order valence-electron chi connectivity index (χ3n) is 15.2. The van der Waals surface area contributed by atoms with Gasteiger partial charge in [-0.05, 0) is 102 Å². The van der Waals surface area contributed by atoms with Crippen molar-refractivity contribution >= 4 is 76.6 Å². The molecule has 7 rings (SSSR count). The maximum Gasteiger partial charge on any atom is 0.409 e. The molecule has 400 valence electrons. The zero-order valence-electron chi connectivity index (χ0n) is 42.7. The molecule has 1 aromatic carbocycles. The number of thioether (sulfide) groups is 1. The Kier molecular flexibility index (Phi) is 17.7. The van der Waals surface area contributed by atoms with Gasteiger partial charge in [0.1, 0.15) is 40.7 Å². The maximum absolute atomic E-state index is 14.4. The normalized spacial score (nSPS) is 32.6. The van der Waals surface area contributed by atoms with Crippen LogP contribution in [-0.4, -0.2) is 162 Å². The maximum atomic E-state index is 14.4. The molecule has 0 aromatic heterocycles. The van der Waals surface area contributed by atoms with Crippen LogP contribution in [0.5, 0.6) is 5.75 Å². The van der Waals surface area contributed by atoms with Crippen LogP contribution in [0.3, 0.4) is 0 Å². The number of nitrogens with zero attached hydrogens (tertiary/aromatic N) is 4. The van der Waals surface area contributed by atoms with E-state index in [0.29, 0.717) is 67.3 Å². The summed E-state index contributed by atoms with van der Waals surface area (Å²) in [7, 11) is 6.26. The van der Waals surface area contributed by atoms with E-state index in [-0.39, 0.29) is 61.4 Å². The van der Waals surface area contributed by atoms with Gasteiger partial charge in [0.05, 0.1) is 36.5 Å². The smallest absolute Gasteiger partial charge is 0.409 e. The molecular formula is C51H68ClN5O15S. The van der Waals surface area contributed by atoms with Gasteiger partial charge >= 0.3 is 18.0 Å². The van der Waals surface area contributed by atoms with Crippen LogP contribution in [0.1, 0.15) is 97.5 Å². The molecule has 22 heteroatoms. The second kappa shape index (κ2) is 23.2. The number of alkyl carbamates (subject to hydrolysis) is 1. The summed E-state index contributed by atoms with van der Waals surface area (Å²) in [6, 6.07) is 2.80. The molecule has 1 unspecified atom stereocenters. The van der Waals surface area contributed by atoms with E-state index in [1.54, 1.807) is 59.2 Å². The van der Waals surface area contributed by atoms with Crippen molar-refractivity contribution < 1.29 is 72.0 Å². The van der Waals surface area contributed by atoms with Crippen molar-refractivity contribution in [1.82, 2.24) is 20.2 Å². The quantitative estimate of drug-likeness (QED) is 0.112. The average Bonchev–Trinajstić information content (AvgIpc) is 3.86. The lowest BCUT2D eigenvalue weighted by Gasteiger charge is -2.42. The average molecular weight is 1060 g/mol. The summed E-state index contributed by atoms with van der Waals surface area (Å²) >= 11 is 8.22. The standard InChI is InChI=1S/C51H68ClN5O15S/c1-28-11-9-12-38(68-8)51(66)26-36(69-49(65)53-51)29(2)45-50(4,71-45)39(25-42(60)55(6)34-22-32(21-28)23-35(67-7)44(34)52)70-47(63)30(3)54(5)19-10-20-73-37-24-43(61)56(46(37)62)27-31-13-15-33(16-14-31)48(64)72-57-40(58)17-18-41(57)59/h9,11-12,22-23,29-31,33,36-39,45,66H,10,13-21,24-27H2,1-8H3,(H,53,65)/b12-9+,28-11+/t29-,30+,31?,33?,36+,37?,38-,39+,45+,50+,51+/m1/s1. The first kappa shape index (κ1) is 55.7. The van der Waals surface area contributed by atoms with Crippen molar-refractivity contribution in [2.24, 2.45) is 17.8 Å². The van der Waals surface area contributed by atoms with Crippen molar-refractivity contribution in [1.29, 1.82) is 0 Å². The van der Waals surface area contributed by atoms with Gasteiger partial charge in [-0.1, -0.05) is 42.3 Å². The number of likely N-dealkylation sites (N-methyl/N-ethyl adjacent to an activating group) is 1. The van der Waals surface area contributed by atoms with E-state index in [1.165, 1.54) is 35.8 Å². The van der Waals surface area contributed by atoms with Gasteiger partial charge in [0.15, 0.2) is 5.72 Å². The van der Waals surface area contributed by atoms with Gasteiger partial charge in [0.2, 0.25) is 17.7 Å². The number of imide groups is 2. The number of allylic oxidation sites excluding steroid dienone is 3. The third kappa shape index (κ3) is 12.6. The Hall–Kier alpha value is -5.06. The van der Waals surface area contributed by atoms with Crippen LogP contribution in [0.15, 0.2) is 35.9 Å². The molecule has 0 radical (unpaired) electrons. The Bertz CT molecular complexity index is 2380. The highest BCUT2D eigenvalue weighted by Crippen LogP contribution is 2.49. The number of hydrogen-bond acceptors (Lipinski definition) is 17. The molecule has 5 fully saturated rings. The number of esters is 1. The fraction of sp³-hybridized carbons (Fsp3) is 0.647. The number of rotatable bonds is 14. The number of methoxy groups -OCH3 is 2. The number of carbonyl (C=O) groups is 8. The summed E-state index contributed by atoms with van der Waals surface area (Å²) in [5.74, 6) is -3.38. The fourth-order valence-corrected chi connectivity index (χ4v) is 11.8. The zero-order chi connectivity index (χ0) is 53.1. The predicted molar refractivity (Wildman–Crippen MR) is 266 cm³/mol. The number of likely N-dealkylation sites (tertiary alicyclic amines) is 1. The monoisotopic (exact) mass is 1060 g/mol. The van der Waals surface area contributed by atoms with E-state index in [1.807, 2.05) is 17.9 Å². The summed E-state index contributed by atoms with van der Waals surface area (Å²) < 4.78 is 29.6. The largest absolute Gasteiger partial charge is 0.495 e. The van der Waals surface area contributed by atoms with Crippen LogP contribution in [0.2, 0.25) is 5.02 Å². The van der Waals surface area contributed by atoms with Gasteiger partial charge in [-0.2, -0.15) is 0 Å². The van der Waals surface area contributed by atoms with Crippen LogP contribution in [0.4, 0.5) is 10.5 Å². The first-order valence-corrected chi connectivity index (χ1v) is 26.3. The Morgan fingerprint density at radius 3 is 2.40 bits per heavy atom. The van der Waals surface area contributed by atoms with Gasteiger partial charge in [-0.25, -0.2) is 9.59 Å². The number of hydrogen-bond donors (Lipinski definition) is 2. The number of epoxide rings is 1. The summed E-state index contributed by atoms with van der Waals surface area (Å²) in [5, 5.41) is 14.6. The molecule has 73 heavy (non-hydrogen) atoms. The summed E-state index contributed by atoms with van der Waals surface area (Å²) in [6.45, 7) is 7.83. The first-order chi connectivity index (χ1) is 34.6. The SMILES string of the molecule is COc1cc2cc(c1Cl)N(C)C(=O)C[C@H](OC(=O)[C@H](C)N(C)CCCSC1CC(=O)N(CC3CCC(C(=O)ON4C(=O)CCC4=O)CC3)C1=O)[C@]1(C)O[C@H]1[C@H](C)[C@@H]1C[C@@](O)(NC(=O)O1)[C@H](OC)/C=C/C=C(\C)C2. The van der Waals surface area contributed by atoms with Crippen LogP contribution in [0, 0.1) is 17.8 Å². The molecule has 5 heterocycles. The lowest BCUT2D eigenvalue weighted by Crippen LogP contribution is -2.63. The lowest BCUT2D eigenvalue weighted by molar-refractivity contribution is -0.201. The Morgan fingerprint density at radius 2 is 1.73 bits per heavy atom. The van der Waals surface area contributed by atoms with E-state index in [2.05, 4.69) is 5.32 Å². The molecule has 1 aromatic rings. The van der Waals surface area contributed by atoms with Crippen LogP contribution < -0.4 is 15.0 Å².